The highest BCUT2D eigenvalue weighted by atomic mass is 16.5. The van der Waals surface area contributed by atoms with Crippen molar-refractivity contribution in [3.05, 3.63) is 80.5 Å². The van der Waals surface area contributed by atoms with Gasteiger partial charge in [0.15, 0.2) is 0 Å². The van der Waals surface area contributed by atoms with Crippen molar-refractivity contribution >= 4 is 22.6 Å². The molecule has 2 N–H and O–H groups in total. The fourth-order valence-corrected chi connectivity index (χ4v) is 4.33. The van der Waals surface area contributed by atoms with Crippen LogP contribution < -0.4 is 21.3 Å². The van der Waals surface area contributed by atoms with Crippen LogP contribution in [0.5, 0.6) is 5.75 Å². The van der Waals surface area contributed by atoms with Gasteiger partial charge in [-0.2, -0.15) is 0 Å². The molecule has 1 aliphatic heterocycles. The summed E-state index contributed by atoms with van der Waals surface area (Å²) in [7, 11) is 4.61. The van der Waals surface area contributed by atoms with Gasteiger partial charge in [0.1, 0.15) is 11.4 Å². The third-order valence-electron chi connectivity index (χ3n) is 5.89. The number of aryl methyl sites for hydroxylation is 1. The van der Waals surface area contributed by atoms with Crippen LogP contribution in [-0.4, -0.2) is 27.1 Å². The minimum atomic E-state index is -0.698. The zero-order chi connectivity index (χ0) is 21.9. The van der Waals surface area contributed by atoms with Gasteiger partial charge in [0.05, 0.1) is 24.1 Å². The number of nitrogens with zero attached hydrogens (tertiary/aromatic N) is 2. The van der Waals surface area contributed by atoms with Crippen LogP contribution in [-0.2, 0) is 18.9 Å². The molecule has 5 rings (SSSR count). The molecule has 31 heavy (non-hydrogen) atoms. The number of H-pyrrole nitrogens is 1. The first-order valence-corrected chi connectivity index (χ1v) is 9.78. The van der Waals surface area contributed by atoms with E-state index in [1.54, 1.807) is 14.2 Å². The van der Waals surface area contributed by atoms with Gasteiger partial charge in [0.2, 0.25) is 5.91 Å². The summed E-state index contributed by atoms with van der Waals surface area (Å²) in [5.41, 5.74) is 2.87. The van der Waals surface area contributed by atoms with Crippen LogP contribution >= 0.6 is 0 Å². The van der Waals surface area contributed by atoms with Crippen LogP contribution in [0.3, 0.4) is 0 Å². The van der Waals surface area contributed by atoms with Gasteiger partial charge >= 0.3 is 5.69 Å². The molecule has 2 aromatic heterocycles. The van der Waals surface area contributed by atoms with E-state index in [0.717, 1.165) is 15.7 Å². The second-order valence-corrected chi connectivity index (χ2v) is 7.58. The summed E-state index contributed by atoms with van der Waals surface area (Å²) in [6.07, 6.45) is 0. The van der Waals surface area contributed by atoms with E-state index in [1.807, 2.05) is 48.5 Å². The molecular formula is C23H20N4O4. The molecule has 0 spiro atoms. The molecule has 2 aromatic carbocycles. The zero-order valence-electron chi connectivity index (χ0n) is 17.2. The fraction of sp³-hybridized carbons (Fsp3) is 0.174. The number of nitrogens with one attached hydrogen (secondary N) is 2. The van der Waals surface area contributed by atoms with Crippen molar-refractivity contribution in [2.45, 2.75) is 5.92 Å². The molecule has 3 heterocycles. The number of hydrogen-bond donors (Lipinski definition) is 2. The number of anilines is 1. The molecule has 156 valence electrons. The number of aromatic amines is 1. The number of para-hydroxylation sites is 1. The number of fused-ring (bicyclic) bond motifs is 2. The Bertz CT molecular complexity index is 1490. The Balaban J connectivity index is 1.93. The van der Waals surface area contributed by atoms with Gasteiger partial charge in [0.25, 0.3) is 5.56 Å². The Labute approximate surface area is 176 Å². The standard InChI is InChI=1S/C23H20N4O4/c1-26-20-18(22(29)27(2)23(26)30)17(16-14-9-4-5-10-15(14)24-21(16)28)19(25-20)12-7-6-8-13(11-12)31-3/h4-11,16,25H,1-3H3,(H,24,28)/t16-/m0/s1. The lowest BCUT2D eigenvalue weighted by Crippen LogP contribution is -2.37. The second kappa shape index (κ2) is 6.73. The van der Waals surface area contributed by atoms with E-state index in [9.17, 15) is 14.4 Å². The molecule has 0 saturated carbocycles. The lowest BCUT2D eigenvalue weighted by molar-refractivity contribution is -0.116. The molecule has 0 saturated heterocycles. The van der Waals surface area contributed by atoms with E-state index in [0.29, 0.717) is 33.7 Å². The number of carbonyl (C=O) groups is 1. The first kappa shape index (κ1) is 18.9. The lowest BCUT2D eigenvalue weighted by atomic mass is 9.89. The Morgan fingerprint density at radius 1 is 0.968 bits per heavy atom. The first-order valence-electron chi connectivity index (χ1n) is 9.78. The summed E-state index contributed by atoms with van der Waals surface area (Å²) in [5.74, 6) is -0.279. The molecule has 8 heteroatoms. The highest BCUT2D eigenvalue weighted by Crippen LogP contribution is 2.43. The van der Waals surface area contributed by atoms with Crippen LogP contribution in [0.4, 0.5) is 5.69 Å². The molecular weight excluding hydrogens is 396 g/mol. The van der Waals surface area contributed by atoms with Gasteiger partial charge in [-0.25, -0.2) is 4.79 Å². The Morgan fingerprint density at radius 2 is 1.74 bits per heavy atom. The predicted molar refractivity (Wildman–Crippen MR) is 118 cm³/mol. The Hall–Kier alpha value is -4.07. The Morgan fingerprint density at radius 3 is 2.52 bits per heavy atom. The molecule has 0 fully saturated rings. The van der Waals surface area contributed by atoms with Gasteiger partial charge in [-0.3, -0.25) is 18.7 Å². The average Bonchev–Trinajstić information content (AvgIpc) is 3.33. The fourth-order valence-electron chi connectivity index (χ4n) is 4.33. The number of carbonyl (C=O) groups excluding carboxylic acids is 1. The van der Waals surface area contributed by atoms with Crippen molar-refractivity contribution in [3.8, 4) is 17.0 Å². The maximum atomic E-state index is 13.2. The van der Waals surface area contributed by atoms with E-state index in [4.69, 9.17) is 4.74 Å². The normalized spacial score (nSPS) is 15.2. The van der Waals surface area contributed by atoms with Crippen molar-refractivity contribution in [2.24, 2.45) is 14.1 Å². The maximum Gasteiger partial charge on any atom is 0.332 e. The summed E-state index contributed by atoms with van der Waals surface area (Å²) < 4.78 is 7.82. The highest BCUT2D eigenvalue weighted by molar-refractivity contribution is 6.08. The molecule has 1 amide bonds. The third kappa shape index (κ3) is 2.64. The molecule has 1 atom stereocenters. The number of amides is 1. The van der Waals surface area contributed by atoms with E-state index in [1.165, 1.54) is 11.6 Å². The summed E-state index contributed by atoms with van der Waals surface area (Å²) >= 11 is 0. The SMILES string of the molecule is COc1cccc(-c2[nH]c3c(c2[C@H]2C(=O)Nc4ccccc42)c(=O)n(C)c(=O)n3C)c1. The number of methoxy groups -OCH3 is 1. The Kier molecular flexibility index (Phi) is 4.11. The van der Waals surface area contributed by atoms with Crippen LogP contribution in [0.2, 0.25) is 0 Å². The van der Waals surface area contributed by atoms with E-state index < -0.39 is 17.2 Å². The molecule has 4 aromatic rings. The molecule has 0 aliphatic carbocycles. The maximum absolute atomic E-state index is 13.2. The van der Waals surface area contributed by atoms with E-state index >= 15 is 0 Å². The van der Waals surface area contributed by atoms with E-state index in [2.05, 4.69) is 10.3 Å². The van der Waals surface area contributed by atoms with Gasteiger partial charge in [-0.15, -0.1) is 0 Å². The second-order valence-electron chi connectivity index (χ2n) is 7.58. The minimum Gasteiger partial charge on any atom is -0.497 e. The molecule has 1 aliphatic rings. The summed E-state index contributed by atoms with van der Waals surface area (Å²) in [6.45, 7) is 0. The lowest BCUT2D eigenvalue weighted by Gasteiger charge is -2.12. The minimum absolute atomic E-state index is 0.220. The van der Waals surface area contributed by atoms with Crippen molar-refractivity contribution in [1.29, 1.82) is 0 Å². The van der Waals surface area contributed by atoms with Crippen LogP contribution in [0, 0.1) is 0 Å². The molecule has 8 nitrogen and oxygen atoms in total. The topological polar surface area (TPSA) is 98.1 Å². The average molecular weight is 416 g/mol. The number of benzene rings is 2. The molecule has 0 unspecified atom stereocenters. The highest BCUT2D eigenvalue weighted by Gasteiger charge is 2.37. The van der Waals surface area contributed by atoms with Crippen LogP contribution in [0.25, 0.3) is 22.3 Å². The smallest absolute Gasteiger partial charge is 0.332 e. The number of ether oxygens (including phenoxy) is 1. The largest absolute Gasteiger partial charge is 0.497 e. The van der Waals surface area contributed by atoms with Crippen LogP contribution in [0.15, 0.2) is 58.1 Å². The molecule has 0 radical (unpaired) electrons. The van der Waals surface area contributed by atoms with E-state index in [-0.39, 0.29) is 5.91 Å². The summed E-state index contributed by atoms with van der Waals surface area (Å²) in [5, 5.41) is 3.23. The summed E-state index contributed by atoms with van der Waals surface area (Å²) in [4.78, 5) is 42.1. The third-order valence-corrected chi connectivity index (χ3v) is 5.89. The molecule has 0 bridgehead atoms. The van der Waals surface area contributed by atoms with Gasteiger partial charge in [-0.1, -0.05) is 30.3 Å². The van der Waals surface area contributed by atoms with Crippen molar-refractivity contribution < 1.29 is 9.53 Å². The van der Waals surface area contributed by atoms with Crippen molar-refractivity contribution in [2.75, 3.05) is 12.4 Å². The van der Waals surface area contributed by atoms with Gasteiger partial charge in [0, 0.05) is 30.9 Å². The summed E-state index contributed by atoms with van der Waals surface area (Å²) in [6, 6.07) is 14.8. The number of rotatable bonds is 3. The first-order chi connectivity index (χ1) is 14.9. The number of hydrogen-bond acceptors (Lipinski definition) is 4. The van der Waals surface area contributed by atoms with Crippen LogP contribution in [0.1, 0.15) is 17.0 Å². The van der Waals surface area contributed by atoms with Gasteiger partial charge in [-0.05, 0) is 23.8 Å². The number of aromatic nitrogens is 3. The van der Waals surface area contributed by atoms with Crippen molar-refractivity contribution in [3.63, 3.8) is 0 Å². The predicted octanol–water partition coefficient (Wildman–Crippen LogP) is 2.32. The quantitative estimate of drug-likeness (QED) is 0.536. The van der Waals surface area contributed by atoms with Gasteiger partial charge < -0.3 is 15.0 Å². The monoisotopic (exact) mass is 416 g/mol. The zero-order valence-corrected chi connectivity index (χ0v) is 17.2. The van der Waals surface area contributed by atoms with Crippen molar-refractivity contribution in [1.82, 2.24) is 14.1 Å².